The summed E-state index contributed by atoms with van der Waals surface area (Å²) in [5.41, 5.74) is 2.60. The Morgan fingerprint density at radius 3 is 2.69 bits per heavy atom. The Bertz CT molecular complexity index is 800. The fourth-order valence-electron chi connectivity index (χ4n) is 2.40. The van der Waals surface area contributed by atoms with Gasteiger partial charge in [0.2, 0.25) is 6.79 Å². The first kappa shape index (κ1) is 17.8. The fraction of sp³-hybridized carbons (Fsp3) is 0.300. The highest BCUT2D eigenvalue weighted by Crippen LogP contribution is 2.32. The molecular weight excluding hydrogens is 332 g/mol. The Labute approximate surface area is 152 Å². The molecule has 0 saturated heterocycles. The van der Waals surface area contributed by atoms with Crippen LogP contribution in [-0.2, 0) is 11.3 Å². The minimum atomic E-state index is -0.245. The lowest BCUT2D eigenvalue weighted by Gasteiger charge is -2.10. The Balaban J connectivity index is 1.69. The molecule has 1 amide bonds. The van der Waals surface area contributed by atoms with Crippen LogP contribution < -0.4 is 14.8 Å². The molecule has 0 saturated carbocycles. The number of amidine groups is 1. The average molecular weight is 354 g/mol. The van der Waals surface area contributed by atoms with Gasteiger partial charge in [-0.25, -0.2) is 4.99 Å². The lowest BCUT2D eigenvalue weighted by molar-refractivity contribution is 0.0965. The van der Waals surface area contributed by atoms with Crippen molar-refractivity contribution in [3.63, 3.8) is 0 Å². The molecule has 0 unspecified atom stereocenters. The predicted octanol–water partition coefficient (Wildman–Crippen LogP) is 3.44. The highest BCUT2D eigenvalue weighted by atomic mass is 16.7. The van der Waals surface area contributed by atoms with Crippen molar-refractivity contribution >= 4 is 11.9 Å². The van der Waals surface area contributed by atoms with Crippen LogP contribution in [0.4, 0.5) is 0 Å². The van der Waals surface area contributed by atoms with Gasteiger partial charge < -0.3 is 14.2 Å². The number of aryl methyl sites for hydroxylation is 1. The number of aliphatic imine (C=N–C) groups is 1. The number of fused-ring (bicyclic) bond motifs is 1. The smallest absolute Gasteiger partial charge is 0.292 e. The van der Waals surface area contributed by atoms with E-state index in [2.05, 4.69) is 10.3 Å². The third-order valence-electron chi connectivity index (χ3n) is 3.82. The number of amides is 1. The van der Waals surface area contributed by atoms with Gasteiger partial charge in [0.1, 0.15) is 0 Å². The molecule has 3 rings (SSSR count). The predicted molar refractivity (Wildman–Crippen MR) is 98.6 cm³/mol. The van der Waals surface area contributed by atoms with E-state index < -0.39 is 0 Å². The second-order valence-corrected chi connectivity index (χ2v) is 5.98. The average Bonchev–Trinajstić information content (AvgIpc) is 3.12. The first-order valence-electron chi connectivity index (χ1n) is 8.59. The quantitative estimate of drug-likeness (QED) is 0.660. The van der Waals surface area contributed by atoms with Crippen molar-refractivity contribution in [1.29, 1.82) is 0 Å². The zero-order valence-corrected chi connectivity index (χ0v) is 15.0. The Hall–Kier alpha value is -3.02. The van der Waals surface area contributed by atoms with Gasteiger partial charge in [-0.05, 0) is 43.2 Å². The SMILES string of the molecule is CCCOC(=NCc1ccc2c(c1)OCO2)NC(=O)c1ccc(C)cc1. The summed E-state index contributed by atoms with van der Waals surface area (Å²) in [5, 5.41) is 2.74. The number of carbonyl (C=O) groups is 1. The van der Waals surface area contributed by atoms with Crippen molar-refractivity contribution < 1.29 is 19.0 Å². The van der Waals surface area contributed by atoms with E-state index in [1.807, 2.05) is 44.2 Å². The molecule has 0 fully saturated rings. The Morgan fingerprint density at radius 1 is 1.15 bits per heavy atom. The first-order valence-corrected chi connectivity index (χ1v) is 8.59. The summed E-state index contributed by atoms with van der Waals surface area (Å²) in [6.45, 7) is 5.05. The van der Waals surface area contributed by atoms with Gasteiger partial charge in [0.25, 0.3) is 11.9 Å². The summed E-state index contributed by atoms with van der Waals surface area (Å²) in [5.74, 6) is 1.19. The monoisotopic (exact) mass is 354 g/mol. The van der Waals surface area contributed by atoms with E-state index in [1.165, 1.54) is 0 Å². The summed E-state index contributed by atoms with van der Waals surface area (Å²) in [6.07, 6.45) is 0.823. The molecule has 2 aromatic rings. The molecule has 136 valence electrons. The van der Waals surface area contributed by atoms with Crippen molar-refractivity contribution in [1.82, 2.24) is 5.32 Å². The van der Waals surface area contributed by atoms with Crippen LogP contribution >= 0.6 is 0 Å². The third-order valence-corrected chi connectivity index (χ3v) is 3.82. The van der Waals surface area contributed by atoms with Gasteiger partial charge in [-0.15, -0.1) is 0 Å². The number of nitrogens with one attached hydrogen (secondary N) is 1. The zero-order valence-electron chi connectivity index (χ0n) is 15.0. The van der Waals surface area contributed by atoms with Crippen LogP contribution in [0.25, 0.3) is 0 Å². The molecule has 0 spiro atoms. The topological polar surface area (TPSA) is 69.2 Å². The molecule has 1 heterocycles. The standard InChI is InChI=1S/C20H22N2O4/c1-3-10-24-20(22-19(23)16-7-4-14(2)5-8-16)21-12-15-6-9-17-18(11-15)26-13-25-17/h4-9,11H,3,10,12-13H2,1-2H3,(H,21,22,23). The number of benzene rings is 2. The van der Waals surface area contributed by atoms with Gasteiger partial charge in [0, 0.05) is 5.56 Å². The van der Waals surface area contributed by atoms with Crippen LogP contribution in [0.15, 0.2) is 47.5 Å². The molecule has 0 bridgehead atoms. The number of ether oxygens (including phenoxy) is 3. The molecule has 6 heteroatoms. The van der Waals surface area contributed by atoms with E-state index in [4.69, 9.17) is 14.2 Å². The minimum absolute atomic E-state index is 0.218. The van der Waals surface area contributed by atoms with Gasteiger partial charge in [0.15, 0.2) is 11.5 Å². The van der Waals surface area contributed by atoms with Crippen molar-refractivity contribution in [2.75, 3.05) is 13.4 Å². The summed E-state index contributed by atoms with van der Waals surface area (Å²) >= 11 is 0. The van der Waals surface area contributed by atoms with Crippen LogP contribution in [-0.4, -0.2) is 25.3 Å². The highest BCUT2D eigenvalue weighted by Gasteiger charge is 2.14. The van der Waals surface area contributed by atoms with E-state index in [0.29, 0.717) is 24.5 Å². The van der Waals surface area contributed by atoms with E-state index in [0.717, 1.165) is 23.3 Å². The molecule has 6 nitrogen and oxygen atoms in total. The Kier molecular flexibility index (Phi) is 5.73. The largest absolute Gasteiger partial charge is 0.465 e. The fourth-order valence-corrected chi connectivity index (χ4v) is 2.40. The summed E-state index contributed by atoms with van der Waals surface area (Å²) in [6, 6.07) is 13.2. The molecule has 0 aromatic heterocycles. The van der Waals surface area contributed by atoms with Crippen molar-refractivity contribution in [2.45, 2.75) is 26.8 Å². The molecule has 0 radical (unpaired) electrons. The number of nitrogens with zero attached hydrogens (tertiary/aromatic N) is 1. The second kappa shape index (κ2) is 8.38. The van der Waals surface area contributed by atoms with E-state index >= 15 is 0 Å². The lowest BCUT2D eigenvalue weighted by Crippen LogP contribution is -2.33. The third kappa shape index (κ3) is 4.53. The molecule has 1 aliphatic heterocycles. The number of hydrogen-bond acceptors (Lipinski definition) is 5. The normalized spacial score (nSPS) is 12.8. The molecular formula is C20H22N2O4. The van der Waals surface area contributed by atoms with E-state index in [-0.39, 0.29) is 18.7 Å². The molecule has 26 heavy (non-hydrogen) atoms. The van der Waals surface area contributed by atoms with E-state index in [9.17, 15) is 4.79 Å². The lowest BCUT2D eigenvalue weighted by atomic mass is 10.1. The molecule has 0 aliphatic carbocycles. The van der Waals surface area contributed by atoms with Gasteiger partial charge in [-0.2, -0.15) is 0 Å². The molecule has 2 aromatic carbocycles. The summed E-state index contributed by atoms with van der Waals surface area (Å²) in [7, 11) is 0. The molecule has 1 N–H and O–H groups in total. The van der Waals surface area contributed by atoms with Crippen LogP contribution in [0.1, 0.15) is 34.8 Å². The van der Waals surface area contributed by atoms with E-state index in [1.54, 1.807) is 12.1 Å². The number of carbonyl (C=O) groups excluding carboxylic acids is 1. The molecule has 1 aliphatic rings. The maximum Gasteiger partial charge on any atom is 0.292 e. The number of rotatable bonds is 5. The zero-order chi connectivity index (χ0) is 18.4. The minimum Gasteiger partial charge on any atom is -0.465 e. The van der Waals surface area contributed by atoms with Crippen LogP contribution in [0, 0.1) is 6.92 Å². The maximum atomic E-state index is 12.4. The maximum absolute atomic E-state index is 12.4. The van der Waals surface area contributed by atoms with Crippen molar-refractivity contribution in [2.24, 2.45) is 4.99 Å². The molecule has 0 atom stereocenters. The van der Waals surface area contributed by atoms with Crippen molar-refractivity contribution in [3.8, 4) is 11.5 Å². The van der Waals surface area contributed by atoms with Gasteiger partial charge >= 0.3 is 0 Å². The van der Waals surface area contributed by atoms with Crippen LogP contribution in [0.5, 0.6) is 11.5 Å². The second-order valence-electron chi connectivity index (χ2n) is 5.98. The van der Waals surface area contributed by atoms with Gasteiger partial charge in [-0.3, -0.25) is 10.1 Å². The van der Waals surface area contributed by atoms with Crippen LogP contribution in [0.3, 0.4) is 0 Å². The number of hydrogen-bond donors (Lipinski definition) is 1. The highest BCUT2D eigenvalue weighted by molar-refractivity contribution is 6.04. The Morgan fingerprint density at radius 2 is 1.92 bits per heavy atom. The van der Waals surface area contributed by atoms with Gasteiger partial charge in [-0.1, -0.05) is 30.7 Å². The summed E-state index contributed by atoms with van der Waals surface area (Å²) < 4.78 is 16.3. The summed E-state index contributed by atoms with van der Waals surface area (Å²) in [4.78, 5) is 16.8. The van der Waals surface area contributed by atoms with Crippen molar-refractivity contribution in [3.05, 3.63) is 59.2 Å². The first-order chi connectivity index (χ1) is 12.7. The van der Waals surface area contributed by atoms with Crippen LogP contribution in [0.2, 0.25) is 0 Å². The van der Waals surface area contributed by atoms with Gasteiger partial charge in [0.05, 0.1) is 13.2 Å².